The predicted molar refractivity (Wildman–Crippen MR) is 113 cm³/mol. The van der Waals surface area contributed by atoms with Crippen molar-refractivity contribution >= 4 is 34.1 Å². The van der Waals surface area contributed by atoms with Crippen LogP contribution in [0.1, 0.15) is 11.5 Å². The molecule has 0 bridgehead atoms. The molecule has 0 radical (unpaired) electrons. The fourth-order valence-electron chi connectivity index (χ4n) is 2.72. The summed E-state index contributed by atoms with van der Waals surface area (Å²) in [5.74, 6) is 1.14. The summed E-state index contributed by atoms with van der Waals surface area (Å²) in [6, 6.07) is 21.6. The van der Waals surface area contributed by atoms with Gasteiger partial charge in [-0.25, -0.2) is 0 Å². The van der Waals surface area contributed by atoms with Crippen molar-refractivity contribution in [2.24, 2.45) is 0 Å². The minimum atomic E-state index is -0.133. The van der Waals surface area contributed by atoms with E-state index in [1.165, 1.54) is 11.8 Å². The van der Waals surface area contributed by atoms with Gasteiger partial charge < -0.3 is 14.5 Å². The Morgan fingerprint density at radius 2 is 1.83 bits per heavy atom. The zero-order chi connectivity index (χ0) is 20.1. The van der Waals surface area contributed by atoms with Crippen LogP contribution in [0.3, 0.4) is 0 Å². The highest BCUT2D eigenvalue weighted by molar-refractivity contribution is 7.99. The first-order valence-electron chi connectivity index (χ1n) is 9.09. The monoisotopic (exact) mass is 405 g/mol. The number of hydrogen-bond donors (Lipinski definition) is 1. The third-order valence-electron chi connectivity index (χ3n) is 4.19. The summed E-state index contributed by atoms with van der Waals surface area (Å²) in [5.41, 5.74) is 1.90. The first-order chi connectivity index (χ1) is 14.2. The fraction of sp³-hybridized carbons (Fsp3) is 0.136. The zero-order valence-electron chi connectivity index (χ0n) is 15.8. The van der Waals surface area contributed by atoms with Crippen molar-refractivity contribution in [3.63, 3.8) is 0 Å². The molecule has 1 heterocycles. The third-order valence-corrected chi connectivity index (χ3v) is 5.01. The Morgan fingerprint density at radius 3 is 2.66 bits per heavy atom. The molecule has 0 unspecified atom stereocenters. The SMILES string of the molecule is Cc1ccc(NC(=O)CSc2nnc(COc3ccc4ccccc4c3)o2)cc1. The van der Waals surface area contributed by atoms with Crippen LogP contribution in [0.15, 0.2) is 76.4 Å². The molecule has 0 saturated heterocycles. The maximum atomic E-state index is 12.0. The molecule has 1 amide bonds. The molecule has 146 valence electrons. The second-order valence-electron chi connectivity index (χ2n) is 6.46. The molecule has 0 aliphatic carbocycles. The molecular formula is C22H19N3O3S. The molecule has 0 spiro atoms. The first-order valence-corrected chi connectivity index (χ1v) is 10.1. The number of amides is 1. The summed E-state index contributed by atoms with van der Waals surface area (Å²) in [6.45, 7) is 2.17. The summed E-state index contributed by atoms with van der Waals surface area (Å²) in [5, 5.41) is 13.3. The summed E-state index contributed by atoms with van der Waals surface area (Å²) in [4.78, 5) is 12.0. The maximum Gasteiger partial charge on any atom is 0.277 e. The number of hydrogen-bond acceptors (Lipinski definition) is 6. The van der Waals surface area contributed by atoms with Crippen molar-refractivity contribution in [3.8, 4) is 5.75 Å². The summed E-state index contributed by atoms with van der Waals surface area (Å²) in [6.07, 6.45) is 0. The van der Waals surface area contributed by atoms with Crippen LogP contribution in [0.5, 0.6) is 5.75 Å². The van der Waals surface area contributed by atoms with Crippen LogP contribution in [0.2, 0.25) is 0 Å². The van der Waals surface area contributed by atoms with Gasteiger partial charge in [-0.15, -0.1) is 10.2 Å². The van der Waals surface area contributed by atoms with Gasteiger partial charge in [0.05, 0.1) is 5.75 Å². The molecule has 0 saturated carbocycles. The number of fused-ring (bicyclic) bond motifs is 1. The average molecular weight is 405 g/mol. The van der Waals surface area contributed by atoms with Gasteiger partial charge in [0.2, 0.25) is 5.91 Å². The summed E-state index contributed by atoms with van der Waals surface area (Å²) >= 11 is 1.19. The van der Waals surface area contributed by atoms with E-state index in [-0.39, 0.29) is 18.3 Å². The van der Waals surface area contributed by atoms with Gasteiger partial charge >= 0.3 is 0 Å². The highest BCUT2D eigenvalue weighted by atomic mass is 32.2. The van der Waals surface area contributed by atoms with Gasteiger partial charge in [0.15, 0.2) is 6.61 Å². The lowest BCUT2D eigenvalue weighted by Crippen LogP contribution is -2.13. The van der Waals surface area contributed by atoms with Gasteiger partial charge in [-0.1, -0.05) is 59.8 Å². The first kappa shape index (κ1) is 19.0. The number of aromatic nitrogens is 2. The van der Waals surface area contributed by atoms with Gasteiger partial charge in [-0.05, 0) is 42.0 Å². The van der Waals surface area contributed by atoms with Crippen LogP contribution in [0.4, 0.5) is 5.69 Å². The van der Waals surface area contributed by atoms with Crippen LogP contribution in [-0.4, -0.2) is 21.9 Å². The molecular weight excluding hydrogens is 386 g/mol. The van der Waals surface area contributed by atoms with Gasteiger partial charge in [0.1, 0.15) is 5.75 Å². The quantitative estimate of drug-likeness (QED) is 0.443. The number of anilines is 1. The molecule has 29 heavy (non-hydrogen) atoms. The largest absolute Gasteiger partial charge is 0.484 e. The fourth-order valence-corrected chi connectivity index (χ4v) is 3.30. The van der Waals surface area contributed by atoms with Crippen molar-refractivity contribution < 1.29 is 13.9 Å². The van der Waals surface area contributed by atoms with Crippen molar-refractivity contribution in [1.29, 1.82) is 0 Å². The molecule has 4 aromatic rings. The smallest absolute Gasteiger partial charge is 0.277 e. The minimum absolute atomic E-state index is 0.133. The van der Waals surface area contributed by atoms with E-state index in [4.69, 9.17) is 9.15 Å². The van der Waals surface area contributed by atoms with E-state index < -0.39 is 0 Å². The molecule has 0 atom stereocenters. The van der Waals surface area contributed by atoms with Gasteiger partial charge in [-0.3, -0.25) is 4.79 Å². The zero-order valence-corrected chi connectivity index (χ0v) is 16.6. The predicted octanol–water partition coefficient (Wildman–Crippen LogP) is 4.84. The lowest BCUT2D eigenvalue weighted by atomic mass is 10.1. The van der Waals surface area contributed by atoms with Gasteiger partial charge in [0, 0.05) is 5.69 Å². The number of carbonyl (C=O) groups excluding carboxylic acids is 1. The molecule has 0 fully saturated rings. The van der Waals surface area contributed by atoms with E-state index in [9.17, 15) is 4.79 Å². The van der Waals surface area contributed by atoms with Crippen molar-refractivity contribution in [3.05, 3.63) is 78.2 Å². The number of aryl methyl sites for hydroxylation is 1. The molecule has 7 heteroatoms. The Kier molecular flexibility index (Phi) is 5.76. The van der Waals surface area contributed by atoms with E-state index in [1.807, 2.05) is 67.6 Å². The number of nitrogens with zero attached hydrogens (tertiary/aromatic N) is 2. The minimum Gasteiger partial charge on any atom is -0.484 e. The second kappa shape index (κ2) is 8.79. The standard InChI is InChI=1S/C22H19N3O3S/c1-15-6-9-18(10-7-15)23-20(26)14-29-22-25-24-21(28-22)13-27-19-11-8-16-4-2-3-5-17(16)12-19/h2-12H,13-14H2,1H3,(H,23,26). The average Bonchev–Trinajstić information content (AvgIpc) is 3.20. The number of benzene rings is 3. The van der Waals surface area contributed by atoms with Crippen LogP contribution >= 0.6 is 11.8 Å². The normalized spacial score (nSPS) is 10.8. The van der Waals surface area contributed by atoms with Gasteiger partial charge in [-0.2, -0.15) is 0 Å². The van der Waals surface area contributed by atoms with Crippen LogP contribution in [0.25, 0.3) is 10.8 Å². The molecule has 0 aliphatic heterocycles. The van der Waals surface area contributed by atoms with E-state index in [0.29, 0.717) is 11.1 Å². The highest BCUT2D eigenvalue weighted by Gasteiger charge is 2.11. The number of thioether (sulfide) groups is 1. The highest BCUT2D eigenvalue weighted by Crippen LogP contribution is 2.22. The molecule has 0 aliphatic rings. The Balaban J connectivity index is 1.27. The van der Waals surface area contributed by atoms with Crippen LogP contribution < -0.4 is 10.1 Å². The van der Waals surface area contributed by atoms with Crippen molar-refractivity contribution in [2.45, 2.75) is 18.8 Å². The number of nitrogens with one attached hydrogen (secondary N) is 1. The topological polar surface area (TPSA) is 77.2 Å². The van der Waals surface area contributed by atoms with Gasteiger partial charge in [0.25, 0.3) is 11.1 Å². The Morgan fingerprint density at radius 1 is 1.03 bits per heavy atom. The lowest BCUT2D eigenvalue weighted by molar-refractivity contribution is -0.113. The number of carbonyl (C=O) groups is 1. The Bertz CT molecular complexity index is 1130. The van der Waals surface area contributed by atoms with E-state index in [0.717, 1.165) is 27.8 Å². The molecule has 6 nitrogen and oxygen atoms in total. The number of rotatable bonds is 7. The van der Waals surface area contributed by atoms with Crippen LogP contribution in [0, 0.1) is 6.92 Å². The van der Waals surface area contributed by atoms with Crippen molar-refractivity contribution in [1.82, 2.24) is 10.2 Å². The molecule has 1 aromatic heterocycles. The molecule has 3 aromatic carbocycles. The summed E-state index contributed by atoms with van der Waals surface area (Å²) in [7, 11) is 0. The molecule has 1 N–H and O–H groups in total. The second-order valence-corrected chi connectivity index (χ2v) is 7.39. The third kappa shape index (κ3) is 5.14. The van der Waals surface area contributed by atoms with Crippen LogP contribution in [-0.2, 0) is 11.4 Å². The Hall–Kier alpha value is -3.32. The molecule has 4 rings (SSSR count). The Labute approximate surface area is 172 Å². The van der Waals surface area contributed by atoms with E-state index in [2.05, 4.69) is 21.6 Å². The maximum absolute atomic E-state index is 12.0. The van der Waals surface area contributed by atoms with E-state index in [1.54, 1.807) is 0 Å². The lowest BCUT2D eigenvalue weighted by Gasteiger charge is -2.05. The van der Waals surface area contributed by atoms with Crippen molar-refractivity contribution in [2.75, 3.05) is 11.1 Å². The van der Waals surface area contributed by atoms with E-state index >= 15 is 0 Å². The summed E-state index contributed by atoms with van der Waals surface area (Å²) < 4.78 is 11.3. The number of ether oxygens (including phenoxy) is 1.